The fourth-order valence-electron chi connectivity index (χ4n) is 0.754. The van der Waals surface area contributed by atoms with E-state index in [1.807, 2.05) is 0 Å². The molecule has 0 saturated carbocycles. The molecule has 0 aliphatic rings. The molecule has 1 aromatic carbocycles. The summed E-state index contributed by atoms with van der Waals surface area (Å²) in [4.78, 5) is 10.7. The van der Waals surface area contributed by atoms with Crippen LogP contribution in [0.15, 0.2) is 24.3 Å². The first-order valence-corrected chi connectivity index (χ1v) is 3.51. The molecule has 0 radical (unpaired) electrons. The molecule has 4 nitrogen and oxygen atoms in total. The van der Waals surface area contributed by atoms with E-state index in [4.69, 9.17) is 20.1 Å². The number of hydrogen-bond donors (Lipinski definition) is 3. The summed E-state index contributed by atoms with van der Waals surface area (Å²) in [5.74, 6) is -1.84. The van der Waals surface area contributed by atoms with Crippen molar-refractivity contribution in [1.82, 2.24) is 0 Å². The number of carboxylic acid groups (broad SMARTS) is 1. The molecule has 0 saturated heterocycles. The molecule has 0 aliphatic heterocycles. The maximum absolute atomic E-state index is 10.7. The van der Waals surface area contributed by atoms with Crippen LogP contribution in [0.1, 0.15) is 9.68 Å². The highest BCUT2D eigenvalue weighted by atomic mass is 16.4. The van der Waals surface area contributed by atoms with Crippen molar-refractivity contribution in [2.24, 2.45) is 5.73 Å². The molecule has 1 rings (SSSR count). The third-order valence-electron chi connectivity index (χ3n) is 1.38. The van der Waals surface area contributed by atoms with Crippen LogP contribution in [-0.2, 0) is 11.2 Å². The number of benzene rings is 1. The van der Waals surface area contributed by atoms with Gasteiger partial charge in [0, 0.05) is 2.74 Å². The lowest BCUT2D eigenvalue weighted by molar-refractivity contribution is -0.138. The topological polar surface area (TPSA) is 83.5 Å². The molecular weight excluding hydrogens is 170 g/mol. The molecule has 0 fully saturated rings. The van der Waals surface area contributed by atoms with Gasteiger partial charge in [0.2, 0.25) is 0 Å². The van der Waals surface area contributed by atoms with Crippen LogP contribution in [0.5, 0.6) is 5.75 Å². The van der Waals surface area contributed by atoms with E-state index in [9.17, 15) is 4.79 Å². The molecule has 0 aromatic heterocycles. The lowest BCUT2D eigenvalue weighted by Crippen LogP contribution is -2.32. The van der Waals surface area contributed by atoms with Gasteiger partial charge in [0.05, 0.1) is 1.37 Å². The summed E-state index contributed by atoms with van der Waals surface area (Å²) in [5, 5.41) is 17.7. The Bertz CT molecular complexity index is 403. The molecule has 4 heteroatoms. The highest BCUT2D eigenvalue weighted by Crippen LogP contribution is 2.10. The monoisotopic (exact) mass is 184 g/mol. The van der Waals surface area contributed by atoms with E-state index < -0.39 is 18.4 Å². The Morgan fingerprint density at radius 3 is 2.62 bits per heavy atom. The van der Waals surface area contributed by atoms with E-state index >= 15 is 0 Å². The number of hydrogen-bond acceptors (Lipinski definition) is 3. The van der Waals surface area contributed by atoms with Crippen molar-refractivity contribution in [3.63, 3.8) is 0 Å². The largest absolute Gasteiger partial charge is 0.508 e. The minimum Gasteiger partial charge on any atom is -0.508 e. The van der Waals surface area contributed by atoms with Gasteiger partial charge >= 0.3 is 5.97 Å². The maximum atomic E-state index is 10.7. The zero-order valence-corrected chi connectivity index (χ0v) is 6.69. The van der Waals surface area contributed by atoms with Crippen molar-refractivity contribution >= 4 is 5.97 Å². The Labute approximate surface area is 79.8 Å². The highest BCUT2D eigenvalue weighted by molar-refractivity contribution is 5.73. The van der Waals surface area contributed by atoms with Crippen molar-refractivity contribution < 1.29 is 19.1 Å². The summed E-state index contributed by atoms with van der Waals surface area (Å²) in [7, 11) is 0. The lowest BCUT2D eigenvalue weighted by Gasteiger charge is -2.05. The van der Waals surface area contributed by atoms with Gasteiger partial charge in [-0.2, -0.15) is 0 Å². The molecule has 4 N–H and O–H groups in total. The first-order chi connectivity index (χ1) is 7.19. The molecule has 1 aromatic rings. The summed E-state index contributed by atoms with van der Waals surface area (Å²) in [6.45, 7) is 0. The van der Waals surface area contributed by atoms with Gasteiger partial charge in [0.25, 0.3) is 0 Å². The minimum absolute atomic E-state index is 0.0785. The van der Waals surface area contributed by atoms with Crippen molar-refractivity contribution in [1.29, 1.82) is 0 Å². The Hall–Kier alpha value is -1.55. The Morgan fingerprint density at radius 1 is 1.62 bits per heavy atom. The molecule has 0 heterocycles. The number of aliphatic carboxylic acids is 1. The number of aromatic hydroxyl groups is 1. The van der Waals surface area contributed by atoms with Gasteiger partial charge in [-0.25, -0.2) is 0 Å². The molecule has 1 atom stereocenters. The van der Waals surface area contributed by atoms with Gasteiger partial charge in [-0.1, -0.05) is 12.1 Å². The van der Waals surface area contributed by atoms with Gasteiger partial charge in [-0.15, -0.1) is 0 Å². The molecule has 70 valence electrons. The van der Waals surface area contributed by atoms with E-state index in [-0.39, 0.29) is 11.3 Å². The van der Waals surface area contributed by atoms with Crippen LogP contribution in [0.3, 0.4) is 0 Å². The van der Waals surface area contributed by atoms with E-state index in [2.05, 4.69) is 0 Å². The Morgan fingerprint density at radius 2 is 2.15 bits per heavy atom. The predicted octanol–water partition coefficient (Wildman–Crippen LogP) is 0.347. The van der Waals surface area contributed by atoms with Crippen LogP contribution in [0.25, 0.3) is 0 Å². The highest BCUT2D eigenvalue weighted by Gasteiger charge is 2.11. The predicted molar refractivity (Wildman–Crippen MR) is 47.4 cm³/mol. The fourth-order valence-corrected chi connectivity index (χ4v) is 0.754. The summed E-state index contributed by atoms with van der Waals surface area (Å²) in [6.07, 6.45) is -2.56. The number of phenols is 1. The maximum Gasteiger partial charge on any atom is 0.320 e. The van der Waals surface area contributed by atoms with Gasteiger partial charge in [-0.3, -0.25) is 4.79 Å². The zero-order chi connectivity index (χ0) is 12.6. The van der Waals surface area contributed by atoms with Gasteiger partial charge in [0.1, 0.15) is 11.8 Å². The molecule has 0 unspecified atom stereocenters. The second-order valence-corrected chi connectivity index (χ2v) is 2.39. The third kappa shape index (κ3) is 2.76. The first-order valence-electron chi connectivity index (χ1n) is 5.01. The second kappa shape index (κ2) is 3.91. The van der Waals surface area contributed by atoms with Crippen LogP contribution in [0, 0.1) is 0 Å². The first kappa shape index (κ1) is 5.99. The summed E-state index contributed by atoms with van der Waals surface area (Å²) in [5.41, 5.74) is 5.06. The second-order valence-electron chi connectivity index (χ2n) is 2.39. The normalized spacial score (nSPS) is 19.3. The van der Waals surface area contributed by atoms with Crippen molar-refractivity contribution in [2.45, 2.75) is 12.4 Å². The van der Waals surface area contributed by atoms with Crippen LogP contribution in [0.2, 0.25) is 0 Å². The standard InChI is InChI=1S/C9H11NO3/c10-8(9(12)13)5-6-1-3-7(11)4-2-6/h1-4,8,11H,5,10H2,(H,12,13)/t8-/m0/s1/i5D2,8D. The minimum atomic E-state index is -2.79. The van der Waals surface area contributed by atoms with Gasteiger partial charge in [-0.05, 0) is 24.1 Å². The molecular formula is C9H11NO3. The number of phenolic OH excluding ortho intramolecular Hbond substituents is 1. The van der Waals surface area contributed by atoms with Gasteiger partial charge in [0.15, 0.2) is 0 Å². The Balaban J connectivity index is 3.20. The smallest absolute Gasteiger partial charge is 0.320 e. The molecule has 0 amide bonds. The van der Waals surface area contributed by atoms with Gasteiger partial charge < -0.3 is 15.9 Å². The number of carboxylic acids is 1. The van der Waals surface area contributed by atoms with E-state index in [0.717, 1.165) is 0 Å². The number of nitrogens with two attached hydrogens (primary N) is 1. The average molecular weight is 184 g/mol. The molecule has 13 heavy (non-hydrogen) atoms. The van der Waals surface area contributed by atoms with Crippen LogP contribution in [-0.4, -0.2) is 22.2 Å². The molecule has 0 spiro atoms. The van der Waals surface area contributed by atoms with E-state index in [0.29, 0.717) is 0 Å². The number of rotatable bonds is 3. The van der Waals surface area contributed by atoms with Crippen LogP contribution in [0.4, 0.5) is 0 Å². The van der Waals surface area contributed by atoms with Crippen molar-refractivity contribution in [3.8, 4) is 5.75 Å². The molecule has 0 aliphatic carbocycles. The summed E-state index contributed by atoms with van der Waals surface area (Å²) in [6, 6.07) is 1.99. The molecule has 0 bridgehead atoms. The van der Waals surface area contributed by atoms with E-state index in [1.165, 1.54) is 24.3 Å². The lowest BCUT2D eigenvalue weighted by atomic mass is 10.1. The van der Waals surface area contributed by atoms with Crippen molar-refractivity contribution in [3.05, 3.63) is 29.8 Å². The fraction of sp³-hybridized carbons (Fsp3) is 0.222. The van der Waals surface area contributed by atoms with Crippen LogP contribution < -0.4 is 5.73 Å². The third-order valence-corrected chi connectivity index (χ3v) is 1.38. The Kier molecular flexibility index (Phi) is 1.80. The zero-order valence-electron chi connectivity index (χ0n) is 9.69. The van der Waals surface area contributed by atoms with E-state index in [1.54, 1.807) is 0 Å². The quantitative estimate of drug-likeness (QED) is 0.632. The van der Waals surface area contributed by atoms with Crippen LogP contribution >= 0.6 is 0 Å². The average Bonchev–Trinajstić information content (AvgIpc) is 2.17. The summed E-state index contributed by atoms with van der Waals surface area (Å²) >= 11 is 0. The number of carbonyl (C=O) groups is 1. The van der Waals surface area contributed by atoms with Crippen molar-refractivity contribution in [2.75, 3.05) is 0 Å². The SMILES string of the molecule is [2H]C([2H])(c1ccc(O)cc1)[C@]([2H])(N)C(=O)O. The summed E-state index contributed by atoms with van der Waals surface area (Å²) < 4.78 is 22.4.